The molecule has 0 spiro atoms. The Bertz CT molecular complexity index is 454. The van der Waals surface area contributed by atoms with Crippen LogP contribution in [0.1, 0.15) is 20.8 Å². The molecular formula is C11H18N2O3S. The third-order valence-corrected chi connectivity index (χ3v) is 4.42. The predicted molar refractivity (Wildman–Crippen MR) is 65.5 cm³/mol. The lowest BCUT2D eigenvalue weighted by atomic mass is 10.4. The van der Waals surface area contributed by atoms with E-state index < -0.39 is 10.0 Å². The van der Waals surface area contributed by atoms with Gasteiger partial charge in [-0.05, 0) is 26.8 Å². The quantitative estimate of drug-likeness (QED) is 0.803. The molecule has 0 aromatic carbocycles. The highest BCUT2D eigenvalue weighted by molar-refractivity contribution is 7.89. The number of hydrogen-bond donors (Lipinski definition) is 0. The highest BCUT2D eigenvalue weighted by Gasteiger charge is 2.23. The van der Waals surface area contributed by atoms with E-state index in [4.69, 9.17) is 4.74 Å². The maximum absolute atomic E-state index is 12.1. The predicted octanol–water partition coefficient (Wildman–Crippen LogP) is 1.51. The van der Waals surface area contributed by atoms with Gasteiger partial charge < -0.3 is 4.74 Å². The lowest BCUT2D eigenvalue weighted by molar-refractivity contribution is 0.326. The van der Waals surface area contributed by atoms with Crippen molar-refractivity contribution in [2.24, 2.45) is 0 Å². The molecule has 1 rings (SSSR count). The first-order valence-electron chi connectivity index (χ1n) is 5.46. The van der Waals surface area contributed by atoms with E-state index in [9.17, 15) is 8.42 Å². The zero-order chi connectivity index (χ0) is 13.1. The molecule has 1 aromatic rings. The molecule has 0 radical (unpaired) electrons. The van der Waals surface area contributed by atoms with Crippen molar-refractivity contribution in [2.45, 2.75) is 31.7 Å². The summed E-state index contributed by atoms with van der Waals surface area (Å²) < 4.78 is 30.6. The van der Waals surface area contributed by atoms with E-state index in [1.54, 1.807) is 13.1 Å². The van der Waals surface area contributed by atoms with Crippen LogP contribution >= 0.6 is 0 Å². The molecule has 0 atom stereocenters. The molecule has 5 nitrogen and oxygen atoms in total. The minimum Gasteiger partial charge on any atom is -0.478 e. The SMILES string of the molecule is CCOc1ccc(S(=O)(=O)N(C)C(C)C)cn1. The van der Waals surface area contributed by atoms with Crippen molar-refractivity contribution in [1.29, 1.82) is 0 Å². The second-order valence-electron chi connectivity index (χ2n) is 3.88. The van der Waals surface area contributed by atoms with Gasteiger partial charge in [0, 0.05) is 19.2 Å². The smallest absolute Gasteiger partial charge is 0.244 e. The molecule has 0 saturated carbocycles. The van der Waals surface area contributed by atoms with Crippen LogP contribution in [0.4, 0.5) is 0 Å². The fraction of sp³-hybridized carbons (Fsp3) is 0.545. The molecule has 0 aliphatic heterocycles. The third-order valence-electron chi connectivity index (χ3n) is 2.41. The van der Waals surface area contributed by atoms with Gasteiger partial charge in [-0.2, -0.15) is 4.31 Å². The Hall–Kier alpha value is -1.14. The second-order valence-corrected chi connectivity index (χ2v) is 5.88. The molecule has 0 unspecified atom stereocenters. The molecule has 0 N–H and O–H groups in total. The van der Waals surface area contributed by atoms with E-state index in [2.05, 4.69) is 4.98 Å². The van der Waals surface area contributed by atoms with Gasteiger partial charge in [-0.1, -0.05) is 0 Å². The summed E-state index contributed by atoms with van der Waals surface area (Å²) >= 11 is 0. The molecule has 1 aromatic heterocycles. The van der Waals surface area contributed by atoms with E-state index in [1.807, 2.05) is 20.8 Å². The Kier molecular flexibility index (Phi) is 4.47. The Balaban J connectivity index is 3.00. The van der Waals surface area contributed by atoms with Crippen LogP contribution in [-0.4, -0.2) is 37.4 Å². The van der Waals surface area contributed by atoms with E-state index in [0.29, 0.717) is 12.5 Å². The van der Waals surface area contributed by atoms with Gasteiger partial charge >= 0.3 is 0 Å². The fourth-order valence-corrected chi connectivity index (χ4v) is 2.51. The van der Waals surface area contributed by atoms with Gasteiger partial charge in [-0.3, -0.25) is 0 Å². The Morgan fingerprint density at radius 3 is 2.47 bits per heavy atom. The lowest BCUT2D eigenvalue weighted by Crippen LogP contribution is -2.33. The maximum Gasteiger partial charge on any atom is 0.244 e. The monoisotopic (exact) mass is 258 g/mol. The van der Waals surface area contributed by atoms with Gasteiger partial charge in [0.15, 0.2) is 0 Å². The molecule has 0 aliphatic rings. The zero-order valence-corrected chi connectivity index (χ0v) is 11.4. The number of pyridine rings is 1. The van der Waals surface area contributed by atoms with E-state index in [0.717, 1.165) is 0 Å². The van der Waals surface area contributed by atoms with Crippen LogP contribution in [-0.2, 0) is 10.0 Å². The van der Waals surface area contributed by atoms with Crippen molar-refractivity contribution in [3.8, 4) is 5.88 Å². The van der Waals surface area contributed by atoms with Gasteiger partial charge in [0.1, 0.15) is 4.90 Å². The summed E-state index contributed by atoms with van der Waals surface area (Å²) in [4.78, 5) is 4.13. The average Bonchev–Trinajstić information content (AvgIpc) is 2.29. The summed E-state index contributed by atoms with van der Waals surface area (Å²) in [7, 11) is -1.90. The lowest BCUT2D eigenvalue weighted by Gasteiger charge is -2.20. The molecular weight excluding hydrogens is 240 g/mol. The standard InChI is InChI=1S/C11H18N2O3S/c1-5-16-11-7-6-10(8-12-11)17(14,15)13(4)9(2)3/h6-9H,5H2,1-4H3. The highest BCUT2D eigenvalue weighted by Crippen LogP contribution is 2.17. The van der Waals surface area contributed by atoms with E-state index in [1.165, 1.54) is 16.6 Å². The number of sulfonamides is 1. The molecule has 17 heavy (non-hydrogen) atoms. The zero-order valence-electron chi connectivity index (χ0n) is 10.5. The second kappa shape index (κ2) is 5.46. The van der Waals surface area contributed by atoms with E-state index >= 15 is 0 Å². The van der Waals surface area contributed by atoms with Crippen LogP contribution in [0, 0.1) is 0 Å². The Morgan fingerprint density at radius 1 is 1.41 bits per heavy atom. The average molecular weight is 258 g/mol. The summed E-state index contributed by atoms with van der Waals surface area (Å²) in [5.41, 5.74) is 0. The van der Waals surface area contributed by atoms with Crippen molar-refractivity contribution in [2.75, 3.05) is 13.7 Å². The van der Waals surface area contributed by atoms with Crippen LogP contribution in [0.15, 0.2) is 23.2 Å². The van der Waals surface area contributed by atoms with Crippen LogP contribution in [0.5, 0.6) is 5.88 Å². The van der Waals surface area contributed by atoms with Crippen molar-refractivity contribution >= 4 is 10.0 Å². The van der Waals surface area contributed by atoms with Gasteiger partial charge in [0.2, 0.25) is 15.9 Å². The largest absolute Gasteiger partial charge is 0.478 e. The molecule has 0 amide bonds. The highest BCUT2D eigenvalue weighted by atomic mass is 32.2. The van der Waals surface area contributed by atoms with Crippen LogP contribution in [0.25, 0.3) is 0 Å². The number of aromatic nitrogens is 1. The molecule has 1 heterocycles. The summed E-state index contributed by atoms with van der Waals surface area (Å²) in [6.45, 7) is 5.99. The summed E-state index contributed by atoms with van der Waals surface area (Å²) in [6, 6.07) is 2.98. The first-order chi connectivity index (χ1) is 7.89. The number of rotatable bonds is 5. The fourth-order valence-electron chi connectivity index (χ4n) is 1.20. The Morgan fingerprint density at radius 2 is 2.06 bits per heavy atom. The van der Waals surface area contributed by atoms with Gasteiger partial charge in [-0.25, -0.2) is 13.4 Å². The summed E-state index contributed by atoms with van der Waals surface area (Å²) in [5.74, 6) is 0.429. The van der Waals surface area contributed by atoms with Gasteiger partial charge in [0.25, 0.3) is 0 Å². The number of nitrogens with zero attached hydrogens (tertiary/aromatic N) is 2. The van der Waals surface area contributed by atoms with Crippen LogP contribution < -0.4 is 4.74 Å². The summed E-state index contributed by atoms with van der Waals surface area (Å²) in [5, 5.41) is 0. The normalized spacial score (nSPS) is 12.1. The van der Waals surface area contributed by atoms with Crippen LogP contribution in [0.3, 0.4) is 0 Å². The van der Waals surface area contributed by atoms with Crippen molar-refractivity contribution in [1.82, 2.24) is 9.29 Å². The molecule has 0 fully saturated rings. The van der Waals surface area contributed by atoms with Crippen molar-refractivity contribution < 1.29 is 13.2 Å². The molecule has 96 valence electrons. The van der Waals surface area contributed by atoms with Crippen LogP contribution in [0.2, 0.25) is 0 Å². The van der Waals surface area contributed by atoms with Crippen molar-refractivity contribution in [3.63, 3.8) is 0 Å². The number of hydrogen-bond acceptors (Lipinski definition) is 4. The van der Waals surface area contributed by atoms with Gasteiger partial charge in [0.05, 0.1) is 12.8 Å². The molecule has 0 saturated heterocycles. The first kappa shape index (κ1) is 13.9. The molecule has 0 bridgehead atoms. The van der Waals surface area contributed by atoms with Gasteiger partial charge in [-0.15, -0.1) is 0 Å². The molecule has 0 aliphatic carbocycles. The Labute approximate surface area is 102 Å². The van der Waals surface area contributed by atoms with E-state index in [-0.39, 0.29) is 10.9 Å². The third kappa shape index (κ3) is 3.17. The number of ether oxygens (including phenoxy) is 1. The summed E-state index contributed by atoms with van der Waals surface area (Å²) in [6.07, 6.45) is 1.32. The first-order valence-corrected chi connectivity index (χ1v) is 6.90. The topological polar surface area (TPSA) is 59.5 Å². The van der Waals surface area contributed by atoms with Crippen molar-refractivity contribution in [3.05, 3.63) is 18.3 Å². The molecule has 6 heteroatoms. The minimum atomic E-state index is -3.45. The maximum atomic E-state index is 12.1. The minimum absolute atomic E-state index is 0.0911.